The monoisotopic (exact) mass is 598 g/mol. The van der Waals surface area contributed by atoms with Gasteiger partial charge in [-0.3, -0.25) is 14.6 Å². The molecule has 3 aliphatic heterocycles. The molecule has 0 bridgehead atoms. The van der Waals surface area contributed by atoms with E-state index in [1.807, 2.05) is 24.8 Å². The number of nitrogens with zero attached hydrogens (tertiary/aromatic N) is 5. The molecule has 232 valence electrons. The van der Waals surface area contributed by atoms with E-state index in [9.17, 15) is 18.0 Å². The van der Waals surface area contributed by atoms with E-state index < -0.39 is 11.8 Å². The smallest absolute Gasteiger partial charge is 0.281 e. The third-order valence-corrected chi connectivity index (χ3v) is 9.14. The van der Waals surface area contributed by atoms with E-state index in [1.165, 1.54) is 18.3 Å². The van der Waals surface area contributed by atoms with Crippen LogP contribution in [0.25, 0.3) is 5.65 Å². The molecule has 0 radical (unpaired) electrons. The van der Waals surface area contributed by atoms with Gasteiger partial charge in [-0.05, 0) is 37.6 Å². The number of benzene rings is 1. The number of carbonyl (C=O) groups excluding carboxylic acids is 1. The molecule has 0 aliphatic carbocycles. The molecule has 11 heteroatoms. The molecular formula is C32H41F3N6O2. The van der Waals surface area contributed by atoms with Crippen LogP contribution in [0.2, 0.25) is 0 Å². The molecule has 3 aromatic rings. The van der Waals surface area contributed by atoms with Crippen molar-refractivity contribution in [3.05, 3.63) is 64.9 Å². The lowest BCUT2D eigenvalue weighted by atomic mass is 9.90. The van der Waals surface area contributed by atoms with Gasteiger partial charge in [-0.15, -0.1) is 0 Å². The number of pyridine rings is 1. The van der Waals surface area contributed by atoms with Gasteiger partial charge in [-0.1, -0.05) is 26.0 Å². The predicted octanol–water partition coefficient (Wildman–Crippen LogP) is 4.01. The van der Waals surface area contributed by atoms with Crippen LogP contribution in [0.1, 0.15) is 56.6 Å². The summed E-state index contributed by atoms with van der Waals surface area (Å²) in [5.74, 6) is -0.354. The molecular weight excluding hydrogens is 557 g/mol. The Morgan fingerprint density at radius 3 is 2.67 bits per heavy atom. The molecule has 3 aliphatic rings. The van der Waals surface area contributed by atoms with Gasteiger partial charge in [0.2, 0.25) is 5.91 Å². The maximum absolute atomic E-state index is 14.2. The Balaban J connectivity index is 1.33. The van der Waals surface area contributed by atoms with E-state index in [1.54, 1.807) is 16.5 Å². The number of piperazine rings is 1. The second-order valence-corrected chi connectivity index (χ2v) is 13.0. The van der Waals surface area contributed by atoms with E-state index in [0.29, 0.717) is 36.8 Å². The van der Waals surface area contributed by atoms with Crippen molar-refractivity contribution in [1.82, 2.24) is 24.5 Å². The minimum Gasteiger partial charge on any atom is -0.379 e. The fourth-order valence-electron chi connectivity index (χ4n) is 6.90. The number of amides is 1. The van der Waals surface area contributed by atoms with E-state index in [-0.39, 0.29) is 36.0 Å². The number of hydrogen-bond donors (Lipinski definition) is 1. The Morgan fingerprint density at radius 2 is 1.95 bits per heavy atom. The van der Waals surface area contributed by atoms with Crippen LogP contribution in [0.15, 0.2) is 36.5 Å². The normalized spacial score (nSPS) is 24.7. The summed E-state index contributed by atoms with van der Waals surface area (Å²) in [4.78, 5) is 25.1. The van der Waals surface area contributed by atoms with Crippen LogP contribution < -0.4 is 10.2 Å². The van der Waals surface area contributed by atoms with Crippen molar-refractivity contribution < 1.29 is 22.7 Å². The largest absolute Gasteiger partial charge is 0.379 e. The Labute approximate surface area is 250 Å². The van der Waals surface area contributed by atoms with Crippen molar-refractivity contribution in [3.8, 4) is 0 Å². The number of imidazole rings is 1. The van der Waals surface area contributed by atoms with Gasteiger partial charge in [0.1, 0.15) is 17.2 Å². The summed E-state index contributed by atoms with van der Waals surface area (Å²) in [7, 11) is 0. The van der Waals surface area contributed by atoms with Crippen molar-refractivity contribution in [2.75, 3.05) is 57.4 Å². The lowest BCUT2D eigenvalue weighted by Gasteiger charge is -2.43. The number of fused-ring (bicyclic) bond motifs is 3. The molecule has 2 saturated heterocycles. The lowest BCUT2D eigenvalue weighted by molar-refractivity contribution is -0.121. The molecule has 5 heterocycles. The van der Waals surface area contributed by atoms with Crippen LogP contribution in [0.3, 0.4) is 0 Å². The number of ether oxygens (including phenoxy) is 1. The first kappa shape index (κ1) is 30.1. The van der Waals surface area contributed by atoms with Gasteiger partial charge >= 0.3 is 0 Å². The maximum atomic E-state index is 14.2. The summed E-state index contributed by atoms with van der Waals surface area (Å²) in [6.45, 7) is 13.8. The average Bonchev–Trinajstić information content (AvgIpc) is 3.52. The zero-order chi connectivity index (χ0) is 30.5. The number of alkyl halides is 2. The van der Waals surface area contributed by atoms with Crippen molar-refractivity contribution in [1.29, 1.82) is 0 Å². The van der Waals surface area contributed by atoms with E-state index in [4.69, 9.17) is 4.74 Å². The number of aromatic nitrogens is 2. The molecule has 0 saturated carbocycles. The van der Waals surface area contributed by atoms with E-state index >= 15 is 0 Å². The number of morpholine rings is 1. The highest BCUT2D eigenvalue weighted by Gasteiger charge is 2.42. The van der Waals surface area contributed by atoms with Crippen LogP contribution in [0.4, 0.5) is 18.9 Å². The van der Waals surface area contributed by atoms with Gasteiger partial charge in [0.05, 0.1) is 31.1 Å². The summed E-state index contributed by atoms with van der Waals surface area (Å²) in [5.41, 5.74) is 2.71. The number of nitrogens with one attached hydrogen (secondary N) is 1. The SMILES string of the molecule is C[C@@H]1CN(CC(=O)N2CC(C)(C)c3c2cc(Cc2ccc(F)cc2)c2nc(C(F)F)cn32)[C@@H](CN2CCOC[C@H]2C)CN1. The van der Waals surface area contributed by atoms with Gasteiger partial charge in [-0.2, -0.15) is 0 Å². The first-order chi connectivity index (χ1) is 20.5. The number of carbonyl (C=O) groups is 1. The van der Waals surface area contributed by atoms with Crippen molar-refractivity contribution >= 4 is 17.2 Å². The average molecular weight is 599 g/mol. The highest BCUT2D eigenvalue weighted by Crippen LogP contribution is 2.43. The molecule has 6 rings (SSSR count). The predicted molar refractivity (Wildman–Crippen MR) is 159 cm³/mol. The van der Waals surface area contributed by atoms with Crippen molar-refractivity contribution in [3.63, 3.8) is 0 Å². The standard InChI is InChI=1S/C32H41F3N6O2/c1-20-14-39(25(13-36-20)15-38-9-10-43-18-21(38)2)17-28(42)41-19-32(3,4)29-27(41)12-23(11-22-5-7-24(33)8-6-22)31-37-26(30(34)35)16-40(29)31/h5-8,12,16,20-21,25,30,36H,9-11,13-15,17-19H2,1-4H3/t20-,21-,25-/m1/s1. The second-order valence-electron chi connectivity index (χ2n) is 13.0. The van der Waals surface area contributed by atoms with E-state index in [0.717, 1.165) is 49.7 Å². The van der Waals surface area contributed by atoms with Crippen LogP contribution >= 0.6 is 0 Å². The topological polar surface area (TPSA) is 65.4 Å². The first-order valence-electron chi connectivity index (χ1n) is 15.2. The van der Waals surface area contributed by atoms with Crippen LogP contribution in [-0.4, -0.2) is 95.7 Å². The molecule has 0 unspecified atom stereocenters. The Bertz CT molecular complexity index is 1480. The summed E-state index contributed by atoms with van der Waals surface area (Å²) >= 11 is 0. The zero-order valence-electron chi connectivity index (χ0n) is 25.3. The molecule has 3 atom stereocenters. The molecule has 1 amide bonds. The van der Waals surface area contributed by atoms with Gasteiger partial charge < -0.3 is 19.4 Å². The third-order valence-electron chi connectivity index (χ3n) is 9.14. The Kier molecular flexibility index (Phi) is 8.27. The van der Waals surface area contributed by atoms with Gasteiger partial charge in [-0.25, -0.2) is 18.2 Å². The molecule has 2 aromatic heterocycles. The first-order valence-corrected chi connectivity index (χ1v) is 15.2. The third kappa shape index (κ3) is 6.05. The van der Waals surface area contributed by atoms with Gasteiger partial charge in [0, 0.05) is 74.4 Å². The summed E-state index contributed by atoms with van der Waals surface area (Å²) in [6, 6.07) is 8.83. The highest BCUT2D eigenvalue weighted by atomic mass is 19.3. The molecule has 8 nitrogen and oxygen atoms in total. The summed E-state index contributed by atoms with van der Waals surface area (Å²) in [6.07, 6.45) is -0.952. The molecule has 1 N–H and O–H groups in total. The van der Waals surface area contributed by atoms with Gasteiger partial charge in [0.15, 0.2) is 0 Å². The quantitative estimate of drug-likeness (QED) is 0.444. The number of anilines is 1. The molecule has 0 spiro atoms. The Hall–Kier alpha value is -2.99. The van der Waals surface area contributed by atoms with Crippen LogP contribution in [0, 0.1) is 5.82 Å². The molecule has 1 aromatic carbocycles. The minimum absolute atomic E-state index is 0.0118. The number of rotatable bonds is 7. The summed E-state index contributed by atoms with van der Waals surface area (Å²) in [5, 5.41) is 3.58. The number of halogens is 3. The number of hydrogen-bond acceptors (Lipinski definition) is 6. The highest BCUT2D eigenvalue weighted by molar-refractivity contribution is 5.98. The summed E-state index contributed by atoms with van der Waals surface area (Å²) < 4.78 is 48.7. The minimum atomic E-state index is -2.72. The Morgan fingerprint density at radius 1 is 1.19 bits per heavy atom. The van der Waals surface area contributed by atoms with Crippen molar-refractivity contribution in [2.24, 2.45) is 0 Å². The molecule has 2 fully saturated rings. The molecule has 43 heavy (non-hydrogen) atoms. The lowest BCUT2D eigenvalue weighted by Crippen LogP contribution is -2.62. The second kappa shape index (κ2) is 11.8. The zero-order valence-corrected chi connectivity index (χ0v) is 25.3. The van der Waals surface area contributed by atoms with Crippen LogP contribution in [0.5, 0.6) is 0 Å². The maximum Gasteiger partial charge on any atom is 0.281 e. The van der Waals surface area contributed by atoms with Crippen molar-refractivity contribution in [2.45, 2.75) is 64.1 Å². The fraction of sp³-hybridized carbons (Fsp3) is 0.562. The van der Waals surface area contributed by atoms with Crippen LogP contribution in [-0.2, 0) is 21.4 Å². The van der Waals surface area contributed by atoms with E-state index in [2.05, 4.69) is 33.9 Å². The fourth-order valence-corrected chi connectivity index (χ4v) is 6.90. The van der Waals surface area contributed by atoms with Gasteiger partial charge in [0.25, 0.3) is 6.43 Å².